The smallest absolute Gasteiger partial charge is 0.256 e. The molecule has 1 saturated heterocycles. The molecular weight excluding hydrogens is 231 g/mol. The topological polar surface area (TPSA) is 23.6 Å². The van der Waals surface area contributed by atoms with E-state index in [1.165, 1.54) is 12.1 Å². The van der Waals surface area contributed by atoms with Crippen LogP contribution in [0.5, 0.6) is 0 Å². The molecule has 1 unspecified atom stereocenters. The van der Waals surface area contributed by atoms with Crippen molar-refractivity contribution in [2.75, 3.05) is 33.7 Å². The summed E-state index contributed by atoms with van der Waals surface area (Å²) in [7, 11) is 3.83. The van der Waals surface area contributed by atoms with Crippen LogP contribution in [0.2, 0.25) is 0 Å². The van der Waals surface area contributed by atoms with Crippen molar-refractivity contribution in [2.45, 2.75) is 6.42 Å². The maximum Gasteiger partial charge on any atom is 0.256 e. The van der Waals surface area contributed by atoms with E-state index in [1.54, 1.807) is 24.1 Å². The predicted octanol–water partition coefficient (Wildman–Crippen LogP) is 1.85. The van der Waals surface area contributed by atoms with E-state index < -0.39 is 5.82 Å². The quantitative estimate of drug-likeness (QED) is 0.817. The van der Waals surface area contributed by atoms with Gasteiger partial charge in [0.05, 0.1) is 5.56 Å². The third-order valence-corrected chi connectivity index (χ3v) is 3.47. The fraction of sp³-hybridized carbons (Fsp3) is 0.500. The Hall–Kier alpha value is -1.42. The zero-order valence-corrected chi connectivity index (χ0v) is 10.9. The van der Waals surface area contributed by atoms with Gasteiger partial charge in [-0.15, -0.1) is 0 Å². The zero-order valence-electron chi connectivity index (χ0n) is 10.9. The van der Waals surface area contributed by atoms with Crippen LogP contribution < -0.4 is 0 Å². The molecule has 1 fully saturated rings. The molecule has 18 heavy (non-hydrogen) atoms. The van der Waals surface area contributed by atoms with Gasteiger partial charge < -0.3 is 9.80 Å². The van der Waals surface area contributed by atoms with Crippen LogP contribution in [0.25, 0.3) is 0 Å². The average Bonchev–Trinajstić information content (AvgIpc) is 2.74. The van der Waals surface area contributed by atoms with Crippen molar-refractivity contribution in [1.82, 2.24) is 9.80 Å². The Bertz CT molecular complexity index is 436. The molecule has 1 aliphatic heterocycles. The van der Waals surface area contributed by atoms with Crippen molar-refractivity contribution < 1.29 is 9.18 Å². The Morgan fingerprint density at radius 1 is 1.50 bits per heavy atom. The van der Waals surface area contributed by atoms with Gasteiger partial charge >= 0.3 is 0 Å². The lowest BCUT2D eigenvalue weighted by Gasteiger charge is -2.21. The lowest BCUT2D eigenvalue weighted by molar-refractivity contribution is 0.0769. The van der Waals surface area contributed by atoms with Crippen molar-refractivity contribution in [3.63, 3.8) is 0 Å². The van der Waals surface area contributed by atoms with Crippen molar-refractivity contribution >= 4 is 5.91 Å². The van der Waals surface area contributed by atoms with Gasteiger partial charge in [-0.3, -0.25) is 4.79 Å². The molecule has 0 bridgehead atoms. The predicted molar refractivity (Wildman–Crippen MR) is 69.0 cm³/mol. The second-order valence-electron chi connectivity index (χ2n) is 5.08. The molecule has 2 rings (SSSR count). The number of carbonyl (C=O) groups excluding carboxylic acids is 1. The molecule has 1 aromatic carbocycles. The molecule has 98 valence electrons. The highest BCUT2D eigenvalue weighted by atomic mass is 19.1. The van der Waals surface area contributed by atoms with Crippen molar-refractivity contribution in [3.8, 4) is 0 Å². The summed E-state index contributed by atoms with van der Waals surface area (Å²) in [6.07, 6.45) is 1.10. The highest BCUT2D eigenvalue weighted by molar-refractivity contribution is 5.94. The Balaban J connectivity index is 1.99. The number of benzene rings is 1. The summed E-state index contributed by atoms with van der Waals surface area (Å²) < 4.78 is 13.5. The van der Waals surface area contributed by atoms with E-state index >= 15 is 0 Å². The summed E-state index contributed by atoms with van der Waals surface area (Å²) in [5.41, 5.74) is 0.159. The lowest BCUT2D eigenvalue weighted by atomic mass is 10.1. The second-order valence-corrected chi connectivity index (χ2v) is 5.08. The first kappa shape index (κ1) is 13.0. The van der Waals surface area contributed by atoms with Crippen molar-refractivity contribution in [3.05, 3.63) is 35.6 Å². The average molecular weight is 250 g/mol. The van der Waals surface area contributed by atoms with E-state index in [2.05, 4.69) is 11.9 Å². The minimum Gasteiger partial charge on any atom is -0.341 e. The van der Waals surface area contributed by atoms with Gasteiger partial charge in [0.25, 0.3) is 5.91 Å². The molecule has 1 heterocycles. The van der Waals surface area contributed by atoms with Gasteiger partial charge in [0.1, 0.15) is 5.82 Å². The molecule has 0 N–H and O–H groups in total. The van der Waals surface area contributed by atoms with E-state index in [0.717, 1.165) is 19.5 Å². The van der Waals surface area contributed by atoms with Gasteiger partial charge in [-0.25, -0.2) is 4.39 Å². The molecular formula is C14H19FN2O. The third-order valence-electron chi connectivity index (χ3n) is 3.47. The van der Waals surface area contributed by atoms with E-state index in [9.17, 15) is 9.18 Å². The van der Waals surface area contributed by atoms with Gasteiger partial charge in [-0.1, -0.05) is 12.1 Å². The number of hydrogen-bond acceptors (Lipinski definition) is 2. The molecule has 0 aliphatic carbocycles. The highest BCUT2D eigenvalue weighted by Gasteiger charge is 2.23. The summed E-state index contributed by atoms with van der Waals surface area (Å²) >= 11 is 0. The van der Waals surface area contributed by atoms with Crippen LogP contribution in [0.15, 0.2) is 24.3 Å². The number of amides is 1. The zero-order chi connectivity index (χ0) is 13.1. The van der Waals surface area contributed by atoms with Gasteiger partial charge in [0.2, 0.25) is 0 Å². The Morgan fingerprint density at radius 2 is 2.22 bits per heavy atom. The van der Waals surface area contributed by atoms with Crippen molar-refractivity contribution in [1.29, 1.82) is 0 Å². The highest BCUT2D eigenvalue weighted by Crippen LogP contribution is 2.17. The molecule has 1 atom stereocenters. The van der Waals surface area contributed by atoms with Crippen LogP contribution in [0.1, 0.15) is 16.8 Å². The van der Waals surface area contributed by atoms with Crippen LogP contribution in [-0.2, 0) is 0 Å². The number of rotatable bonds is 3. The number of carbonyl (C=O) groups is 1. The van der Waals surface area contributed by atoms with Gasteiger partial charge in [-0.05, 0) is 38.1 Å². The number of halogens is 1. The molecule has 0 spiro atoms. The Labute approximate surface area is 107 Å². The summed E-state index contributed by atoms with van der Waals surface area (Å²) in [6.45, 7) is 2.78. The molecule has 1 aliphatic rings. The van der Waals surface area contributed by atoms with E-state index in [-0.39, 0.29) is 11.5 Å². The number of likely N-dealkylation sites (tertiary alicyclic amines) is 1. The molecule has 0 aromatic heterocycles. The van der Waals surface area contributed by atoms with Crippen LogP contribution >= 0.6 is 0 Å². The molecule has 1 amide bonds. The van der Waals surface area contributed by atoms with Crippen LogP contribution in [0.4, 0.5) is 4.39 Å². The lowest BCUT2D eigenvalue weighted by Crippen LogP contribution is -2.33. The molecule has 0 radical (unpaired) electrons. The number of hydrogen-bond donors (Lipinski definition) is 0. The summed E-state index contributed by atoms with van der Waals surface area (Å²) in [5.74, 6) is -0.184. The Morgan fingerprint density at radius 3 is 2.83 bits per heavy atom. The molecule has 1 aromatic rings. The maximum atomic E-state index is 13.5. The fourth-order valence-electron chi connectivity index (χ4n) is 2.49. The van der Waals surface area contributed by atoms with E-state index in [4.69, 9.17) is 0 Å². The van der Waals surface area contributed by atoms with Crippen molar-refractivity contribution in [2.24, 2.45) is 5.92 Å². The largest absolute Gasteiger partial charge is 0.341 e. The van der Waals surface area contributed by atoms with Crippen LogP contribution in [0.3, 0.4) is 0 Å². The van der Waals surface area contributed by atoms with E-state index in [1.807, 2.05) is 0 Å². The number of nitrogens with zero attached hydrogens (tertiary/aromatic N) is 2. The molecule has 0 saturated carbocycles. The first-order chi connectivity index (χ1) is 8.58. The normalized spacial score (nSPS) is 20.1. The Kier molecular flexibility index (Phi) is 3.97. The third kappa shape index (κ3) is 2.88. The SMILES string of the molecule is CN1CCC(CN(C)C(=O)c2ccccc2F)C1. The second kappa shape index (κ2) is 5.48. The van der Waals surface area contributed by atoms with Gasteiger partial charge in [0, 0.05) is 20.1 Å². The summed E-state index contributed by atoms with van der Waals surface area (Å²) in [4.78, 5) is 16.0. The minimum absolute atomic E-state index is 0.159. The molecule has 4 heteroatoms. The maximum absolute atomic E-state index is 13.5. The van der Waals surface area contributed by atoms with Gasteiger partial charge in [-0.2, -0.15) is 0 Å². The standard InChI is InChI=1S/C14H19FN2O/c1-16-8-7-11(9-16)10-17(2)14(18)12-5-3-4-6-13(12)15/h3-6,11H,7-10H2,1-2H3. The molecule has 3 nitrogen and oxygen atoms in total. The monoisotopic (exact) mass is 250 g/mol. The van der Waals surface area contributed by atoms with E-state index in [0.29, 0.717) is 12.5 Å². The fourth-order valence-corrected chi connectivity index (χ4v) is 2.49. The summed E-state index contributed by atoms with van der Waals surface area (Å²) in [6, 6.07) is 6.14. The first-order valence-corrected chi connectivity index (χ1v) is 6.26. The van der Waals surface area contributed by atoms with Crippen LogP contribution in [0, 0.1) is 11.7 Å². The van der Waals surface area contributed by atoms with Gasteiger partial charge in [0.15, 0.2) is 0 Å². The van der Waals surface area contributed by atoms with Crippen LogP contribution in [-0.4, -0.2) is 49.4 Å². The first-order valence-electron chi connectivity index (χ1n) is 6.26. The summed E-state index contributed by atoms with van der Waals surface area (Å²) in [5, 5.41) is 0. The minimum atomic E-state index is -0.446.